The van der Waals surface area contributed by atoms with Crippen molar-refractivity contribution in [2.45, 2.75) is 39.0 Å². The molecule has 0 aliphatic carbocycles. The lowest BCUT2D eigenvalue weighted by molar-refractivity contribution is 0.0595. The number of piperazine rings is 2. The zero-order valence-electron chi connectivity index (χ0n) is 24.0. The van der Waals surface area contributed by atoms with Crippen molar-refractivity contribution in [1.29, 1.82) is 0 Å². The highest BCUT2D eigenvalue weighted by molar-refractivity contribution is 7.89. The minimum atomic E-state index is -3.39. The number of fused-ring (bicyclic) bond motifs is 1. The molecule has 3 aromatic rings. The highest BCUT2D eigenvalue weighted by Gasteiger charge is 2.32. The van der Waals surface area contributed by atoms with Crippen LogP contribution in [0.4, 0.5) is 0 Å². The second-order valence-electron chi connectivity index (χ2n) is 11.2. The number of hydrogen-bond donors (Lipinski definition) is 0. The van der Waals surface area contributed by atoms with E-state index in [0.717, 1.165) is 24.0 Å². The summed E-state index contributed by atoms with van der Waals surface area (Å²) in [7, 11) is -3.39. The van der Waals surface area contributed by atoms with Crippen LogP contribution < -0.4 is 0 Å². The Labute approximate surface area is 246 Å². The molecule has 220 valence electrons. The summed E-state index contributed by atoms with van der Waals surface area (Å²) in [5.41, 5.74) is 2.43. The van der Waals surface area contributed by atoms with E-state index in [-0.39, 0.29) is 38.0 Å². The second kappa shape index (κ2) is 11.7. The van der Waals surface area contributed by atoms with Gasteiger partial charge < -0.3 is 14.4 Å². The quantitative estimate of drug-likeness (QED) is 0.403. The van der Waals surface area contributed by atoms with Gasteiger partial charge in [-0.3, -0.25) is 14.5 Å². The molecule has 0 N–H and O–H groups in total. The van der Waals surface area contributed by atoms with Gasteiger partial charge in [0.25, 0.3) is 11.8 Å². The predicted octanol–water partition coefficient (Wildman–Crippen LogP) is 3.34. The molecular weight excluding hydrogens is 564 g/mol. The molecule has 5 rings (SSSR count). The van der Waals surface area contributed by atoms with E-state index in [4.69, 9.17) is 11.6 Å². The molecule has 2 aliphatic heterocycles. The molecule has 0 unspecified atom stereocenters. The maximum Gasteiger partial charge on any atom is 0.270 e. The largest absolute Gasteiger partial charge is 0.336 e. The Morgan fingerprint density at radius 3 is 2.07 bits per heavy atom. The molecule has 0 bridgehead atoms. The van der Waals surface area contributed by atoms with Crippen LogP contribution in [0.15, 0.2) is 42.6 Å². The number of benzene rings is 1. The number of nitrogens with zero attached hydrogens (tertiary/aromatic N) is 6. The number of halogens is 1. The van der Waals surface area contributed by atoms with Gasteiger partial charge in [0.2, 0.25) is 10.0 Å². The Hall–Kier alpha value is -2.99. The number of pyridine rings is 1. The number of sulfonamides is 1. The minimum absolute atomic E-state index is 0.0228. The average Bonchev–Trinajstić information content (AvgIpc) is 3.35. The molecule has 2 saturated heterocycles. The summed E-state index contributed by atoms with van der Waals surface area (Å²) in [5, 5.41) is 0.538. The Bertz CT molecular complexity index is 1550. The van der Waals surface area contributed by atoms with E-state index < -0.39 is 15.3 Å². The summed E-state index contributed by atoms with van der Waals surface area (Å²) in [6.07, 6.45) is 1.59. The maximum absolute atomic E-state index is 13.9. The van der Waals surface area contributed by atoms with Crippen LogP contribution >= 0.6 is 11.6 Å². The zero-order chi connectivity index (χ0) is 29.5. The van der Waals surface area contributed by atoms with Crippen LogP contribution in [0, 0.1) is 0 Å². The van der Waals surface area contributed by atoms with Gasteiger partial charge in [-0.05, 0) is 64.1 Å². The zero-order valence-corrected chi connectivity index (χ0v) is 25.5. The Kier molecular flexibility index (Phi) is 8.43. The molecule has 12 heteroatoms. The van der Waals surface area contributed by atoms with E-state index in [9.17, 15) is 18.0 Å². The van der Waals surface area contributed by atoms with Gasteiger partial charge in [-0.2, -0.15) is 4.31 Å². The van der Waals surface area contributed by atoms with Crippen molar-refractivity contribution in [2.24, 2.45) is 0 Å². The van der Waals surface area contributed by atoms with Gasteiger partial charge in [0.15, 0.2) is 0 Å². The molecule has 0 spiro atoms. The lowest BCUT2D eigenvalue weighted by atomic mass is 10.1. The van der Waals surface area contributed by atoms with Crippen molar-refractivity contribution >= 4 is 44.3 Å². The number of amides is 2. The van der Waals surface area contributed by atoms with Crippen molar-refractivity contribution < 1.29 is 18.0 Å². The molecular formula is C29H37ClN6O4S. The molecule has 2 aliphatic rings. The standard InChI is InChI=1S/C29H37ClN6O4S/c1-20(2)32-9-11-33(12-10-32)28(37)22-5-6-25-23(17-22)18-26(36(25)24-7-8-31-27(30)19-24)29(38)34-13-15-35(16-14-34)41(39,40)21(3)4/h5-8,17-21H,9-16H2,1-4H3. The molecule has 0 atom stereocenters. The highest BCUT2D eigenvalue weighted by atomic mass is 35.5. The monoisotopic (exact) mass is 600 g/mol. The number of aromatic nitrogens is 2. The van der Waals surface area contributed by atoms with E-state index >= 15 is 0 Å². The normalized spacial score (nSPS) is 17.6. The van der Waals surface area contributed by atoms with Crippen LogP contribution in [-0.2, 0) is 10.0 Å². The third kappa shape index (κ3) is 5.86. The number of carbonyl (C=O) groups is 2. The summed E-state index contributed by atoms with van der Waals surface area (Å²) in [6.45, 7) is 11.8. The summed E-state index contributed by atoms with van der Waals surface area (Å²) < 4.78 is 28.6. The topological polar surface area (TPSA) is 99.1 Å². The molecule has 41 heavy (non-hydrogen) atoms. The van der Waals surface area contributed by atoms with Gasteiger partial charge in [-0.1, -0.05) is 11.6 Å². The number of rotatable bonds is 6. The smallest absolute Gasteiger partial charge is 0.270 e. The summed E-state index contributed by atoms with van der Waals surface area (Å²) in [6, 6.07) is 11.2. The van der Waals surface area contributed by atoms with Gasteiger partial charge in [-0.15, -0.1) is 0 Å². The van der Waals surface area contributed by atoms with E-state index in [1.165, 1.54) is 4.31 Å². The fourth-order valence-electron chi connectivity index (χ4n) is 5.55. The van der Waals surface area contributed by atoms with Crippen molar-refractivity contribution in [2.75, 3.05) is 52.4 Å². The fourth-order valence-corrected chi connectivity index (χ4v) is 6.98. The van der Waals surface area contributed by atoms with Gasteiger partial charge in [-0.25, -0.2) is 13.4 Å². The molecule has 2 amide bonds. The first-order valence-electron chi connectivity index (χ1n) is 14.1. The Balaban J connectivity index is 1.45. The van der Waals surface area contributed by atoms with E-state index in [1.807, 2.05) is 27.7 Å². The molecule has 4 heterocycles. The van der Waals surface area contributed by atoms with E-state index in [1.54, 1.807) is 43.1 Å². The average molecular weight is 601 g/mol. The van der Waals surface area contributed by atoms with Crippen LogP contribution in [0.1, 0.15) is 48.5 Å². The molecule has 0 radical (unpaired) electrons. The summed E-state index contributed by atoms with van der Waals surface area (Å²) in [4.78, 5) is 37.3. The van der Waals surface area contributed by atoms with E-state index in [0.29, 0.717) is 41.2 Å². The van der Waals surface area contributed by atoms with Gasteiger partial charge in [0, 0.05) is 75.5 Å². The van der Waals surface area contributed by atoms with Crippen LogP contribution in [-0.4, -0.2) is 112 Å². The van der Waals surface area contributed by atoms with Crippen molar-refractivity contribution in [1.82, 2.24) is 28.6 Å². The highest BCUT2D eigenvalue weighted by Crippen LogP contribution is 2.28. The van der Waals surface area contributed by atoms with Crippen LogP contribution in [0.2, 0.25) is 5.15 Å². The van der Waals surface area contributed by atoms with Gasteiger partial charge in [0.1, 0.15) is 10.8 Å². The molecule has 1 aromatic carbocycles. The van der Waals surface area contributed by atoms with Gasteiger partial charge >= 0.3 is 0 Å². The summed E-state index contributed by atoms with van der Waals surface area (Å²) >= 11 is 6.22. The van der Waals surface area contributed by atoms with Crippen LogP contribution in [0.5, 0.6) is 0 Å². The van der Waals surface area contributed by atoms with Crippen LogP contribution in [0.3, 0.4) is 0 Å². The van der Waals surface area contributed by atoms with Crippen molar-refractivity contribution in [3.63, 3.8) is 0 Å². The van der Waals surface area contributed by atoms with Gasteiger partial charge in [0.05, 0.1) is 16.5 Å². The third-order valence-electron chi connectivity index (χ3n) is 8.05. The SMILES string of the molecule is CC(C)N1CCN(C(=O)c2ccc3c(c2)cc(C(=O)N2CCN(S(=O)(=O)C(C)C)CC2)n3-c2ccnc(Cl)c2)CC1. The maximum atomic E-state index is 13.9. The molecule has 0 saturated carbocycles. The lowest BCUT2D eigenvalue weighted by Crippen LogP contribution is -2.52. The lowest BCUT2D eigenvalue weighted by Gasteiger charge is -2.37. The minimum Gasteiger partial charge on any atom is -0.336 e. The molecule has 2 aromatic heterocycles. The predicted molar refractivity (Wildman–Crippen MR) is 160 cm³/mol. The Morgan fingerprint density at radius 2 is 1.46 bits per heavy atom. The molecule has 10 nitrogen and oxygen atoms in total. The second-order valence-corrected chi connectivity index (χ2v) is 14.1. The number of carbonyl (C=O) groups excluding carboxylic acids is 2. The fraction of sp³-hybridized carbons (Fsp3) is 0.483. The van der Waals surface area contributed by atoms with Crippen LogP contribution in [0.25, 0.3) is 16.6 Å². The summed E-state index contributed by atoms with van der Waals surface area (Å²) in [5.74, 6) is -0.237. The van der Waals surface area contributed by atoms with E-state index in [2.05, 4.69) is 23.7 Å². The first kappa shape index (κ1) is 29.5. The first-order chi connectivity index (χ1) is 19.5. The van der Waals surface area contributed by atoms with Crippen molar-refractivity contribution in [3.8, 4) is 5.69 Å². The third-order valence-corrected chi connectivity index (χ3v) is 10.5. The first-order valence-corrected chi connectivity index (χ1v) is 15.9. The van der Waals surface area contributed by atoms with Crippen molar-refractivity contribution in [3.05, 3.63) is 59.0 Å². The Morgan fingerprint density at radius 1 is 0.829 bits per heavy atom. The molecule has 2 fully saturated rings. The number of hydrogen-bond acceptors (Lipinski definition) is 6.